The molecule has 2 aromatic carbocycles. The summed E-state index contributed by atoms with van der Waals surface area (Å²) in [6.45, 7) is 1.41. The molecule has 0 radical (unpaired) electrons. The Bertz CT molecular complexity index is 621. The van der Waals surface area contributed by atoms with Gasteiger partial charge in [-0.25, -0.2) is 0 Å². The van der Waals surface area contributed by atoms with Crippen molar-refractivity contribution in [3.63, 3.8) is 0 Å². The topological polar surface area (TPSA) is 41.6 Å². The van der Waals surface area contributed by atoms with E-state index in [-0.39, 0.29) is 5.91 Å². The molecule has 0 bridgehead atoms. The molecule has 4 heteroatoms. The number of hydrogen-bond acceptors (Lipinski definition) is 3. The first-order valence-electron chi connectivity index (χ1n) is 7.24. The van der Waals surface area contributed by atoms with Gasteiger partial charge in [-0.3, -0.25) is 4.79 Å². The molecular weight excluding hydrogens is 276 g/mol. The molecule has 0 aliphatic rings. The van der Waals surface area contributed by atoms with Crippen molar-refractivity contribution in [2.24, 2.45) is 0 Å². The number of nitrogens with one attached hydrogen (secondary N) is 1. The van der Waals surface area contributed by atoms with Crippen LogP contribution < -0.4 is 10.1 Å². The Hall–Kier alpha value is -2.33. The highest BCUT2D eigenvalue weighted by atomic mass is 16.5. The molecule has 0 saturated heterocycles. The van der Waals surface area contributed by atoms with E-state index < -0.39 is 0 Å². The lowest BCUT2D eigenvalue weighted by Gasteiger charge is -2.11. The Kier molecular flexibility index (Phi) is 5.55. The van der Waals surface area contributed by atoms with Gasteiger partial charge >= 0.3 is 0 Å². The predicted octanol–water partition coefficient (Wildman–Crippen LogP) is 2.69. The van der Waals surface area contributed by atoms with Gasteiger partial charge in [0.15, 0.2) is 0 Å². The second kappa shape index (κ2) is 7.61. The van der Waals surface area contributed by atoms with Crippen LogP contribution in [0.3, 0.4) is 0 Å². The first kappa shape index (κ1) is 16.0. The normalized spacial score (nSPS) is 10.5. The first-order valence-corrected chi connectivity index (χ1v) is 7.24. The second-order valence-electron chi connectivity index (χ2n) is 5.44. The highest BCUT2D eigenvalue weighted by Gasteiger charge is 2.10. The third kappa shape index (κ3) is 4.33. The Balaban J connectivity index is 1.96. The zero-order valence-corrected chi connectivity index (χ0v) is 13.3. The first-order chi connectivity index (χ1) is 10.6. The lowest BCUT2D eigenvalue weighted by Crippen LogP contribution is -2.23. The van der Waals surface area contributed by atoms with Crippen LogP contribution in [-0.4, -0.2) is 32.0 Å². The number of nitrogens with zero attached hydrogens (tertiary/aromatic N) is 1. The minimum absolute atomic E-state index is 0.130. The van der Waals surface area contributed by atoms with E-state index in [1.54, 1.807) is 19.2 Å². The van der Waals surface area contributed by atoms with Gasteiger partial charge in [0.25, 0.3) is 5.91 Å². The van der Waals surface area contributed by atoms with Crippen LogP contribution in [0.5, 0.6) is 5.75 Å². The van der Waals surface area contributed by atoms with Crippen molar-refractivity contribution in [2.45, 2.75) is 13.1 Å². The van der Waals surface area contributed by atoms with Crippen LogP contribution in [0.4, 0.5) is 0 Å². The number of carbonyl (C=O) groups excluding carboxylic acids is 1. The summed E-state index contributed by atoms with van der Waals surface area (Å²) in [5.74, 6) is 0.455. The van der Waals surface area contributed by atoms with E-state index in [1.807, 2.05) is 38.4 Å². The number of carbonyl (C=O) groups is 1. The van der Waals surface area contributed by atoms with Crippen LogP contribution in [0, 0.1) is 0 Å². The smallest absolute Gasteiger partial charge is 0.255 e. The average Bonchev–Trinajstić information content (AvgIpc) is 2.53. The summed E-state index contributed by atoms with van der Waals surface area (Å²) >= 11 is 0. The summed E-state index contributed by atoms with van der Waals surface area (Å²) in [6, 6.07) is 15.5. The number of amides is 1. The standard InChI is InChI=1S/C18H22N2O2/c1-20(2)13-15-10-8-14(9-11-15)12-19-18(21)16-6-4-5-7-17(16)22-3/h4-11H,12-13H2,1-3H3,(H,19,21). The summed E-state index contributed by atoms with van der Waals surface area (Å²) in [4.78, 5) is 14.3. The van der Waals surface area contributed by atoms with E-state index in [0.717, 1.165) is 12.1 Å². The van der Waals surface area contributed by atoms with E-state index in [2.05, 4.69) is 22.3 Å². The zero-order chi connectivity index (χ0) is 15.9. The largest absolute Gasteiger partial charge is 0.496 e. The van der Waals surface area contributed by atoms with Crippen LogP contribution in [0.2, 0.25) is 0 Å². The van der Waals surface area contributed by atoms with Crippen molar-refractivity contribution in [3.8, 4) is 5.75 Å². The summed E-state index contributed by atoms with van der Waals surface area (Å²) in [6.07, 6.45) is 0. The fourth-order valence-electron chi connectivity index (χ4n) is 2.24. The predicted molar refractivity (Wildman–Crippen MR) is 88.0 cm³/mol. The number of rotatable bonds is 6. The van der Waals surface area contributed by atoms with Crippen LogP contribution >= 0.6 is 0 Å². The molecule has 116 valence electrons. The van der Waals surface area contributed by atoms with Gasteiger partial charge in [0.2, 0.25) is 0 Å². The Morgan fingerprint density at radius 3 is 2.32 bits per heavy atom. The molecule has 0 aromatic heterocycles. The van der Waals surface area contributed by atoms with E-state index >= 15 is 0 Å². The minimum Gasteiger partial charge on any atom is -0.496 e. The van der Waals surface area contributed by atoms with Gasteiger partial charge in [0.05, 0.1) is 12.7 Å². The third-order valence-electron chi connectivity index (χ3n) is 3.33. The molecule has 0 aliphatic carbocycles. The summed E-state index contributed by atoms with van der Waals surface area (Å²) < 4.78 is 5.21. The number of hydrogen-bond donors (Lipinski definition) is 1. The fraction of sp³-hybridized carbons (Fsp3) is 0.278. The molecule has 0 aliphatic heterocycles. The molecule has 1 N–H and O–H groups in total. The summed E-state index contributed by atoms with van der Waals surface area (Å²) in [7, 11) is 5.65. The molecule has 0 atom stereocenters. The van der Waals surface area contributed by atoms with Gasteiger partial charge in [-0.2, -0.15) is 0 Å². The molecule has 4 nitrogen and oxygen atoms in total. The number of benzene rings is 2. The minimum atomic E-state index is -0.130. The quantitative estimate of drug-likeness (QED) is 0.891. The van der Waals surface area contributed by atoms with Crippen molar-refractivity contribution in [1.29, 1.82) is 0 Å². The Morgan fingerprint density at radius 1 is 1.05 bits per heavy atom. The van der Waals surface area contributed by atoms with Crippen LogP contribution in [0.1, 0.15) is 21.5 Å². The van der Waals surface area contributed by atoms with Gasteiger partial charge in [-0.1, -0.05) is 36.4 Å². The van der Waals surface area contributed by atoms with Crippen molar-refractivity contribution >= 4 is 5.91 Å². The molecule has 0 heterocycles. The van der Waals surface area contributed by atoms with Crippen LogP contribution in [0.25, 0.3) is 0 Å². The SMILES string of the molecule is COc1ccccc1C(=O)NCc1ccc(CN(C)C)cc1. The molecule has 0 unspecified atom stereocenters. The van der Waals surface area contributed by atoms with Gasteiger partial charge < -0.3 is 15.0 Å². The van der Waals surface area contributed by atoms with Gasteiger partial charge in [0.1, 0.15) is 5.75 Å². The highest BCUT2D eigenvalue weighted by molar-refractivity contribution is 5.96. The van der Waals surface area contributed by atoms with Crippen molar-refractivity contribution < 1.29 is 9.53 Å². The van der Waals surface area contributed by atoms with Gasteiger partial charge in [-0.05, 0) is 37.4 Å². The summed E-state index contributed by atoms with van der Waals surface area (Å²) in [5.41, 5.74) is 2.88. The molecular formula is C18H22N2O2. The van der Waals surface area contributed by atoms with Crippen molar-refractivity contribution in [3.05, 3.63) is 65.2 Å². The van der Waals surface area contributed by atoms with Gasteiger partial charge in [0, 0.05) is 13.1 Å². The zero-order valence-electron chi connectivity index (χ0n) is 13.3. The third-order valence-corrected chi connectivity index (χ3v) is 3.33. The van der Waals surface area contributed by atoms with E-state index in [0.29, 0.717) is 17.9 Å². The fourth-order valence-corrected chi connectivity index (χ4v) is 2.24. The number of methoxy groups -OCH3 is 1. The van der Waals surface area contributed by atoms with Crippen LogP contribution in [-0.2, 0) is 13.1 Å². The van der Waals surface area contributed by atoms with Crippen LogP contribution in [0.15, 0.2) is 48.5 Å². The van der Waals surface area contributed by atoms with E-state index in [1.165, 1.54) is 5.56 Å². The Labute approximate surface area is 131 Å². The molecule has 2 rings (SSSR count). The van der Waals surface area contributed by atoms with Gasteiger partial charge in [-0.15, -0.1) is 0 Å². The molecule has 22 heavy (non-hydrogen) atoms. The monoisotopic (exact) mass is 298 g/mol. The van der Waals surface area contributed by atoms with Crippen molar-refractivity contribution in [1.82, 2.24) is 10.2 Å². The lowest BCUT2D eigenvalue weighted by atomic mass is 10.1. The molecule has 1 amide bonds. The average molecular weight is 298 g/mol. The second-order valence-corrected chi connectivity index (χ2v) is 5.44. The molecule has 2 aromatic rings. The maximum absolute atomic E-state index is 12.2. The molecule has 0 fully saturated rings. The lowest BCUT2D eigenvalue weighted by molar-refractivity contribution is 0.0948. The highest BCUT2D eigenvalue weighted by Crippen LogP contribution is 2.17. The molecule has 0 saturated carbocycles. The molecule has 0 spiro atoms. The van der Waals surface area contributed by atoms with E-state index in [4.69, 9.17) is 4.74 Å². The summed E-state index contributed by atoms with van der Waals surface area (Å²) in [5, 5.41) is 2.92. The maximum atomic E-state index is 12.2. The maximum Gasteiger partial charge on any atom is 0.255 e. The van der Waals surface area contributed by atoms with Crippen molar-refractivity contribution in [2.75, 3.05) is 21.2 Å². The number of para-hydroxylation sites is 1. The van der Waals surface area contributed by atoms with E-state index in [9.17, 15) is 4.79 Å². The number of ether oxygens (including phenoxy) is 1. The Morgan fingerprint density at radius 2 is 1.68 bits per heavy atom.